The number of likely N-dealkylation sites (N-methyl/N-ethyl adjacent to an activating group) is 1. The summed E-state index contributed by atoms with van der Waals surface area (Å²) in [5.74, 6) is 2.01. The van der Waals surface area contributed by atoms with E-state index in [1.165, 1.54) is 12.8 Å². The van der Waals surface area contributed by atoms with Crippen LogP contribution < -0.4 is 9.64 Å². The topological polar surface area (TPSA) is 48.9 Å². The molecule has 6 nitrogen and oxygen atoms in total. The molecule has 2 fully saturated rings. The standard InChI is InChI=1S/C19H30N4O2/c1-4-16(21(2)3)19(24)23-13-9-15(14-23)25-17-8-7-10-20-18(17)22-11-5-6-12-22/h7-8,10,15-16H,4-6,9,11-14H2,1-3H3/t15-,16-/m1/s1. The van der Waals surface area contributed by atoms with E-state index in [0.717, 1.165) is 44.0 Å². The Bertz CT molecular complexity index is 587. The molecular weight excluding hydrogens is 316 g/mol. The van der Waals surface area contributed by atoms with Gasteiger partial charge in [-0.1, -0.05) is 6.92 Å². The first-order valence-electron chi connectivity index (χ1n) is 9.42. The maximum absolute atomic E-state index is 12.7. The van der Waals surface area contributed by atoms with E-state index in [1.807, 2.05) is 42.2 Å². The Morgan fingerprint density at radius 1 is 1.36 bits per heavy atom. The summed E-state index contributed by atoms with van der Waals surface area (Å²) in [7, 11) is 3.93. The molecule has 0 saturated carbocycles. The first-order chi connectivity index (χ1) is 12.1. The summed E-state index contributed by atoms with van der Waals surface area (Å²) in [6.45, 7) is 5.59. The molecule has 1 amide bonds. The van der Waals surface area contributed by atoms with E-state index < -0.39 is 0 Å². The van der Waals surface area contributed by atoms with Crippen LogP contribution in [0.4, 0.5) is 5.82 Å². The third-order valence-corrected chi connectivity index (χ3v) is 5.20. The molecule has 1 aromatic rings. The normalized spacial score (nSPS) is 21.8. The van der Waals surface area contributed by atoms with Crippen molar-refractivity contribution >= 4 is 11.7 Å². The van der Waals surface area contributed by atoms with Gasteiger partial charge in [-0.25, -0.2) is 4.98 Å². The van der Waals surface area contributed by atoms with E-state index in [0.29, 0.717) is 6.54 Å². The van der Waals surface area contributed by atoms with Crippen LogP contribution in [0, 0.1) is 0 Å². The lowest BCUT2D eigenvalue weighted by molar-refractivity contribution is -0.135. The molecule has 0 unspecified atom stereocenters. The van der Waals surface area contributed by atoms with Gasteiger partial charge in [0.2, 0.25) is 5.91 Å². The number of nitrogens with zero attached hydrogens (tertiary/aromatic N) is 4. The average Bonchev–Trinajstić information content (AvgIpc) is 3.27. The highest BCUT2D eigenvalue weighted by molar-refractivity contribution is 5.82. The first kappa shape index (κ1) is 18.0. The fourth-order valence-corrected chi connectivity index (χ4v) is 3.82. The number of rotatable bonds is 6. The Morgan fingerprint density at radius 2 is 2.12 bits per heavy atom. The van der Waals surface area contributed by atoms with Gasteiger partial charge in [-0.05, 0) is 45.5 Å². The second kappa shape index (κ2) is 8.04. The Balaban J connectivity index is 1.63. The van der Waals surface area contributed by atoms with Crippen LogP contribution in [-0.2, 0) is 4.79 Å². The molecule has 0 N–H and O–H groups in total. The number of carbonyl (C=O) groups excluding carboxylic acids is 1. The molecule has 0 spiro atoms. The number of carbonyl (C=O) groups is 1. The summed E-state index contributed by atoms with van der Waals surface area (Å²) >= 11 is 0. The summed E-state index contributed by atoms with van der Waals surface area (Å²) in [5.41, 5.74) is 0. The van der Waals surface area contributed by atoms with Crippen LogP contribution in [0.1, 0.15) is 32.6 Å². The van der Waals surface area contributed by atoms with Crippen molar-refractivity contribution in [2.45, 2.75) is 44.8 Å². The molecule has 2 atom stereocenters. The molecule has 2 aliphatic heterocycles. The van der Waals surface area contributed by atoms with E-state index in [-0.39, 0.29) is 18.1 Å². The highest BCUT2D eigenvalue weighted by atomic mass is 16.5. The van der Waals surface area contributed by atoms with Crippen LogP contribution in [0.3, 0.4) is 0 Å². The van der Waals surface area contributed by atoms with Crippen LogP contribution >= 0.6 is 0 Å². The molecule has 1 aromatic heterocycles. The van der Waals surface area contributed by atoms with Gasteiger partial charge in [-0.2, -0.15) is 0 Å². The molecule has 2 saturated heterocycles. The van der Waals surface area contributed by atoms with Gasteiger partial charge in [0.1, 0.15) is 6.10 Å². The van der Waals surface area contributed by atoms with Crippen molar-refractivity contribution in [3.8, 4) is 5.75 Å². The predicted octanol–water partition coefficient (Wildman–Crippen LogP) is 2.00. The predicted molar refractivity (Wildman–Crippen MR) is 99.1 cm³/mol. The minimum absolute atomic E-state index is 0.0442. The van der Waals surface area contributed by atoms with Gasteiger partial charge in [0.25, 0.3) is 0 Å². The number of hydrogen-bond donors (Lipinski definition) is 0. The lowest BCUT2D eigenvalue weighted by Crippen LogP contribution is -2.45. The molecule has 25 heavy (non-hydrogen) atoms. The summed E-state index contributed by atoms with van der Waals surface area (Å²) in [6, 6.07) is 3.88. The summed E-state index contributed by atoms with van der Waals surface area (Å²) in [6.07, 6.45) is 6.01. The van der Waals surface area contributed by atoms with Gasteiger partial charge in [0, 0.05) is 32.3 Å². The van der Waals surface area contributed by atoms with Crippen molar-refractivity contribution in [1.29, 1.82) is 0 Å². The van der Waals surface area contributed by atoms with Gasteiger partial charge in [-0.15, -0.1) is 0 Å². The number of likely N-dealkylation sites (tertiary alicyclic amines) is 1. The van der Waals surface area contributed by atoms with Crippen LogP contribution in [0.25, 0.3) is 0 Å². The first-order valence-corrected chi connectivity index (χ1v) is 9.42. The molecule has 3 rings (SSSR count). The zero-order valence-corrected chi connectivity index (χ0v) is 15.6. The second-order valence-corrected chi connectivity index (χ2v) is 7.22. The van der Waals surface area contributed by atoms with Gasteiger partial charge in [0.05, 0.1) is 12.6 Å². The summed E-state index contributed by atoms with van der Waals surface area (Å²) in [4.78, 5) is 23.5. The van der Waals surface area contributed by atoms with E-state index in [4.69, 9.17) is 4.74 Å². The van der Waals surface area contributed by atoms with E-state index in [2.05, 4.69) is 16.8 Å². The lowest BCUT2D eigenvalue weighted by atomic mass is 10.2. The SMILES string of the molecule is CC[C@H](C(=O)N1CC[C@@H](Oc2cccnc2N2CCCC2)C1)N(C)C. The van der Waals surface area contributed by atoms with Gasteiger partial charge >= 0.3 is 0 Å². The van der Waals surface area contributed by atoms with E-state index >= 15 is 0 Å². The highest BCUT2D eigenvalue weighted by Crippen LogP contribution is 2.30. The Kier molecular flexibility index (Phi) is 5.78. The van der Waals surface area contributed by atoms with Crippen molar-refractivity contribution in [1.82, 2.24) is 14.8 Å². The molecule has 3 heterocycles. The van der Waals surface area contributed by atoms with Crippen LogP contribution in [-0.4, -0.2) is 73.1 Å². The highest BCUT2D eigenvalue weighted by Gasteiger charge is 2.32. The molecule has 0 aliphatic carbocycles. The number of hydrogen-bond acceptors (Lipinski definition) is 5. The van der Waals surface area contributed by atoms with Crippen molar-refractivity contribution < 1.29 is 9.53 Å². The monoisotopic (exact) mass is 346 g/mol. The Labute approximate surface area is 150 Å². The zero-order valence-electron chi connectivity index (χ0n) is 15.6. The number of aromatic nitrogens is 1. The van der Waals surface area contributed by atoms with E-state index in [9.17, 15) is 4.79 Å². The van der Waals surface area contributed by atoms with Crippen molar-refractivity contribution in [3.05, 3.63) is 18.3 Å². The minimum Gasteiger partial charge on any atom is -0.485 e. The minimum atomic E-state index is -0.0442. The number of pyridine rings is 1. The smallest absolute Gasteiger partial charge is 0.240 e. The van der Waals surface area contributed by atoms with Crippen molar-refractivity contribution in [2.75, 3.05) is 45.2 Å². The van der Waals surface area contributed by atoms with Gasteiger partial charge < -0.3 is 14.5 Å². The van der Waals surface area contributed by atoms with Crippen LogP contribution in [0.5, 0.6) is 5.75 Å². The number of ether oxygens (including phenoxy) is 1. The molecule has 0 bridgehead atoms. The third kappa shape index (κ3) is 4.06. The Morgan fingerprint density at radius 3 is 2.80 bits per heavy atom. The number of amides is 1. The maximum Gasteiger partial charge on any atom is 0.240 e. The summed E-state index contributed by atoms with van der Waals surface area (Å²) in [5, 5.41) is 0. The van der Waals surface area contributed by atoms with Crippen molar-refractivity contribution in [3.63, 3.8) is 0 Å². The molecule has 6 heteroatoms. The zero-order chi connectivity index (χ0) is 17.8. The van der Waals surface area contributed by atoms with Gasteiger partial charge in [-0.3, -0.25) is 9.69 Å². The van der Waals surface area contributed by atoms with Crippen molar-refractivity contribution in [2.24, 2.45) is 0 Å². The molecule has 0 radical (unpaired) electrons. The lowest BCUT2D eigenvalue weighted by Gasteiger charge is -2.27. The summed E-state index contributed by atoms with van der Waals surface area (Å²) < 4.78 is 6.26. The molecular formula is C19H30N4O2. The second-order valence-electron chi connectivity index (χ2n) is 7.22. The largest absolute Gasteiger partial charge is 0.485 e. The van der Waals surface area contributed by atoms with E-state index in [1.54, 1.807) is 0 Å². The maximum atomic E-state index is 12.7. The fraction of sp³-hybridized carbons (Fsp3) is 0.684. The quantitative estimate of drug-likeness (QED) is 0.788. The molecule has 0 aromatic carbocycles. The van der Waals surface area contributed by atoms with Crippen LogP contribution in [0.2, 0.25) is 0 Å². The third-order valence-electron chi connectivity index (χ3n) is 5.20. The van der Waals surface area contributed by atoms with Gasteiger partial charge in [0.15, 0.2) is 11.6 Å². The van der Waals surface area contributed by atoms with Crippen LogP contribution in [0.15, 0.2) is 18.3 Å². The molecule has 2 aliphatic rings. The molecule has 138 valence electrons. The number of anilines is 1. The Hall–Kier alpha value is -1.82. The fourth-order valence-electron chi connectivity index (χ4n) is 3.82. The average molecular weight is 346 g/mol.